The van der Waals surface area contributed by atoms with Gasteiger partial charge in [0, 0.05) is 19.2 Å². The maximum Gasteiger partial charge on any atom is 0.263 e. The van der Waals surface area contributed by atoms with Crippen LogP contribution in [0.3, 0.4) is 0 Å². The molecule has 0 spiro atoms. The van der Waals surface area contributed by atoms with Gasteiger partial charge in [0.15, 0.2) is 11.0 Å². The van der Waals surface area contributed by atoms with Crippen LogP contribution in [0.4, 0.5) is 5.69 Å². The summed E-state index contributed by atoms with van der Waals surface area (Å²) in [6.45, 7) is 4.65. The average molecular weight is 378 g/mol. The van der Waals surface area contributed by atoms with Crippen molar-refractivity contribution in [3.05, 3.63) is 58.6 Å². The highest BCUT2D eigenvalue weighted by atomic mass is 35.5. The number of aliphatic imine (C=N–C) groups is 1. The van der Waals surface area contributed by atoms with Crippen molar-refractivity contribution in [2.24, 2.45) is 4.99 Å². The number of hydrogen-bond donors (Lipinski definition) is 1. The van der Waals surface area contributed by atoms with Gasteiger partial charge in [0.05, 0.1) is 21.9 Å². The fraction of sp³-hybridized carbons (Fsp3) is 0.222. The van der Waals surface area contributed by atoms with E-state index in [9.17, 15) is 9.00 Å². The number of amides is 1. The van der Waals surface area contributed by atoms with Crippen molar-refractivity contribution in [1.29, 1.82) is 0 Å². The number of rotatable bonds is 6. The van der Waals surface area contributed by atoms with Gasteiger partial charge in [0.25, 0.3) is 5.91 Å². The molecule has 0 fully saturated rings. The normalized spacial score (nSPS) is 12.2. The number of hydrogen-bond acceptors (Lipinski definition) is 3. The van der Waals surface area contributed by atoms with E-state index in [4.69, 9.17) is 11.6 Å². The molecule has 1 atom stereocenters. The Balaban J connectivity index is 2.19. The summed E-state index contributed by atoms with van der Waals surface area (Å²) in [5.41, 5.74) is 1.78. The van der Waals surface area contributed by atoms with E-state index in [2.05, 4.69) is 9.71 Å². The fourth-order valence-electron chi connectivity index (χ4n) is 1.98. The molecule has 2 aromatic rings. The molecule has 2 aromatic carbocycles. The highest BCUT2D eigenvalue weighted by Crippen LogP contribution is 2.29. The number of benzene rings is 2. The summed E-state index contributed by atoms with van der Waals surface area (Å²) in [5.74, 6) is -0.402. The quantitative estimate of drug-likeness (QED) is 0.616. The molecule has 0 aliphatic carbocycles. The van der Waals surface area contributed by atoms with Crippen molar-refractivity contribution in [1.82, 2.24) is 9.62 Å². The van der Waals surface area contributed by atoms with Crippen molar-refractivity contribution in [2.45, 2.75) is 18.7 Å². The summed E-state index contributed by atoms with van der Waals surface area (Å²) < 4.78 is 15.0. The Morgan fingerprint density at radius 2 is 2.00 bits per heavy atom. The van der Waals surface area contributed by atoms with Gasteiger partial charge in [-0.05, 0) is 43.7 Å². The number of nitrogens with zero attached hydrogens (tertiary/aromatic N) is 2. The summed E-state index contributed by atoms with van der Waals surface area (Å²) in [4.78, 5) is 18.8. The van der Waals surface area contributed by atoms with E-state index in [1.54, 1.807) is 49.7 Å². The lowest BCUT2D eigenvalue weighted by atomic mass is 10.2. The number of carbonyl (C=O) groups is 1. The Hall–Kier alpha value is -2.18. The van der Waals surface area contributed by atoms with Crippen LogP contribution in [-0.2, 0) is 11.0 Å². The molecule has 0 bridgehead atoms. The van der Waals surface area contributed by atoms with Crippen LogP contribution in [-0.4, -0.2) is 34.9 Å². The third kappa shape index (κ3) is 5.14. The molecule has 1 N–H and O–H groups in total. The lowest BCUT2D eigenvalue weighted by Crippen LogP contribution is -2.26. The summed E-state index contributed by atoms with van der Waals surface area (Å²) in [7, 11) is 0.205. The second kappa shape index (κ2) is 8.78. The van der Waals surface area contributed by atoms with E-state index in [0.29, 0.717) is 21.2 Å². The van der Waals surface area contributed by atoms with Crippen LogP contribution in [0.5, 0.6) is 0 Å². The molecular weight excluding hydrogens is 358 g/mol. The number of aryl methyl sites for hydroxylation is 1. The zero-order chi connectivity index (χ0) is 18.4. The molecular formula is C18H20ClN3O2S. The Labute approximate surface area is 155 Å². The van der Waals surface area contributed by atoms with Gasteiger partial charge in [-0.3, -0.25) is 9.52 Å². The largest absolute Gasteiger partial charge is 0.366 e. The predicted molar refractivity (Wildman–Crippen MR) is 103 cm³/mol. The minimum atomic E-state index is -1.70. The molecule has 7 heteroatoms. The summed E-state index contributed by atoms with van der Waals surface area (Å²) in [6.07, 6.45) is 1.69. The highest BCUT2D eigenvalue weighted by molar-refractivity contribution is 7.83. The lowest BCUT2D eigenvalue weighted by Gasteiger charge is -2.11. The fourth-order valence-corrected chi connectivity index (χ4v) is 3.23. The molecule has 5 nitrogen and oxygen atoms in total. The highest BCUT2D eigenvalue weighted by Gasteiger charge is 2.15. The van der Waals surface area contributed by atoms with Gasteiger partial charge in [-0.15, -0.1) is 0 Å². The van der Waals surface area contributed by atoms with Gasteiger partial charge in [0.1, 0.15) is 0 Å². The second-order valence-electron chi connectivity index (χ2n) is 5.45. The van der Waals surface area contributed by atoms with Crippen LogP contribution in [0, 0.1) is 6.92 Å². The molecule has 0 heterocycles. The molecule has 0 aromatic heterocycles. The van der Waals surface area contributed by atoms with E-state index in [1.165, 1.54) is 0 Å². The zero-order valence-electron chi connectivity index (χ0n) is 14.3. The molecule has 25 heavy (non-hydrogen) atoms. The SMILES string of the molecule is CCN(C)C=Nc1cc(C)c(S(=O)NC(=O)c2ccccc2)cc1Cl. The third-order valence-corrected chi connectivity index (χ3v) is 5.07. The summed E-state index contributed by atoms with van der Waals surface area (Å²) in [5, 5.41) is 0.378. The molecule has 0 saturated carbocycles. The maximum absolute atomic E-state index is 12.5. The van der Waals surface area contributed by atoms with Crippen molar-refractivity contribution in [2.75, 3.05) is 13.6 Å². The molecule has 0 radical (unpaired) electrons. The number of halogens is 1. The van der Waals surface area contributed by atoms with Gasteiger partial charge < -0.3 is 4.90 Å². The van der Waals surface area contributed by atoms with E-state index in [0.717, 1.165) is 12.1 Å². The molecule has 2 rings (SSSR count). The van der Waals surface area contributed by atoms with Crippen LogP contribution in [0.15, 0.2) is 52.4 Å². The monoisotopic (exact) mass is 377 g/mol. The number of carbonyl (C=O) groups excluding carboxylic acids is 1. The Bertz CT molecular complexity index is 809. The van der Waals surface area contributed by atoms with E-state index < -0.39 is 16.9 Å². The first kappa shape index (κ1) is 19.1. The van der Waals surface area contributed by atoms with E-state index >= 15 is 0 Å². The van der Waals surface area contributed by atoms with Crippen molar-refractivity contribution in [3.63, 3.8) is 0 Å². The molecule has 0 aliphatic rings. The summed E-state index contributed by atoms with van der Waals surface area (Å²) in [6, 6.07) is 12.0. The van der Waals surface area contributed by atoms with Crippen LogP contribution >= 0.6 is 11.6 Å². The van der Waals surface area contributed by atoms with Crippen LogP contribution in [0.1, 0.15) is 22.8 Å². The van der Waals surface area contributed by atoms with Gasteiger partial charge in [-0.2, -0.15) is 0 Å². The molecule has 0 saturated heterocycles. The third-order valence-electron chi connectivity index (χ3n) is 3.56. The standard InChI is InChI=1S/C18H20ClN3O2S/c1-4-22(3)12-20-16-10-13(2)17(11-15(16)19)25(24)21-18(23)14-8-6-5-7-9-14/h5-12H,4H2,1-3H3,(H,21,23). The first-order valence-electron chi connectivity index (χ1n) is 7.74. The molecule has 1 amide bonds. The van der Waals surface area contributed by atoms with Gasteiger partial charge in [-0.1, -0.05) is 29.8 Å². The van der Waals surface area contributed by atoms with E-state index in [1.807, 2.05) is 24.9 Å². The number of nitrogens with one attached hydrogen (secondary N) is 1. The first-order valence-corrected chi connectivity index (χ1v) is 9.27. The maximum atomic E-state index is 12.5. The van der Waals surface area contributed by atoms with Gasteiger partial charge >= 0.3 is 0 Å². The minimum Gasteiger partial charge on any atom is -0.366 e. The Morgan fingerprint density at radius 3 is 2.64 bits per heavy atom. The van der Waals surface area contributed by atoms with E-state index in [-0.39, 0.29) is 0 Å². The first-order chi connectivity index (χ1) is 11.9. The average Bonchev–Trinajstić information content (AvgIpc) is 2.62. The van der Waals surface area contributed by atoms with Gasteiger partial charge in [0.2, 0.25) is 0 Å². The van der Waals surface area contributed by atoms with Crippen LogP contribution < -0.4 is 4.72 Å². The van der Waals surface area contributed by atoms with Crippen molar-refractivity contribution < 1.29 is 9.00 Å². The second-order valence-corrected chi connectivity index (χ2v) is 7.04. The Kier molecular flexibility index (Phi) is 6.73. The molecule has 132 valence electrons. The zero-order valence-corrected chi connectivity index (χ0v) is 15.9. The van der Waals surface area contributed by atoms with Gasteiger partial charge in [-0.25, -0.2) is 9.20 Å². The lowest BCUT2D eigenvalue weighted by molar-refractivity contribution is 0.0983. The summed E-state index contributed by atoms with van der Waals surface area (Å²) >= 11 is 6.25. The molecule has 0 aliphatic heterocycles. The van der Waals surface area contributed by atoms with Crippen LogP contribution in [0.2, 0.25) is 5.02 Å². The van der Waals surface area contributed by atoms with Crippen molar-refractivity contribution in [3.8, 4) is 0 Å². The molecule has 1 unspecified atom stereocenters. The topological polar surface area (TPSA) is 61.8 Å². The Morgan fingerprint density at radius 1 is 1.32 bits per heavy atom. The van der Waals surface area contributed by atoms with Crippen LogP contribution in [0.25, 0.3) is 0 Å². The van der Waals surface area contributed by atoms with Crippen molar-refractivity contribution >= 4 is 40.5 Å². The predicted octanol–water partition coefficient (Wildman–Crippen LogP) is 3.71. The smallest absolute Gasteiger partial charge is 0.263 e. The minimum absolute atomic E-state index is 0.378.